The van der Waals surface area contributed by atoms with E-state index in [4.69, 9.17) is 0 Å². The van der Waals surface area contributed by atoms with Crippen LogP contribution in [0, 0.1) is 12.7 Å². The highest BCUT2D eigenvalue weighted by atomic mass is 32.1. The summed E-state index contributed by atoms with van der Waals surface area (Å²) >= 11 is 0.972. The number of pyridine rings is 1. The number of hydrogen-bond donors (Lipinski definition) is 0. The zero-order valence-corrected chi connectivity index (χ0v) is 12.9. The van der Waals surface area contributed by atoms with Gasteiger partial charge in [0.1, 0.15) is 12.4 Å². The van der Waals surface area contributed by atoms with E-state index in [2.05, 4.69) is 9.97 Å². The molecule has 1 amide bonds. The smallest absolute Gasteiger partial charge is 0.279 e. The molecule has 2 aromatic heterocycles. The van der Waals surface area contributed by atoms with Crippen molar-refractivity contribution in [2.75, 3.05) is 11.4 Å². The summed E-state index contributed by atoms with van der Waals surface area (Å²) in [6.07, 6.45) is -2.24. The average Bonchev–Trinajstić information content (AvgIpc) is 2.88. The average molecular weight is 347 g/mol. The summed E-state index contributed by atoms with van der Waals surface area (Å²) in [5.41, 5.74) is 0.986. The van der Waals surface area contributed by atoms with Crippen LogP contribution in [0.4, 0.5) is 22.7 Å². The molecule has 0 aromatic carbocycles. The van der Waals surface area contributed by atoms with Gasteiger partial charge in [-0.15, -0.1) is 11.3 Å². The molecule has 0 saturated heterocycles. The van der Waals surface area contributed by atoms with E-state index in [0.29, 0.717) is 16.2 Å². The third-order valence-corrected chi connectivity index (χ3v) is 3.85. The molecular weight excluding hydrogens is 334 g/mol. The van der Waals surface area contributed by atoms with Crippen LogP contribution >= 0.6 is 11.3 Å². The van der Waals surface area contributed by atoms with Crippen LogP contribution in [0.2, 0.25) is 0 Å². The van der Waals surface area contributed by atoms with Gasteiger partial charge in [0.25, 0.3) is 0 Å². The molecular formula is C14H13F4N3OS. The zero-order chi connectivity index (χ0) is 17.0. The van der Waals surface area contributed by atoms with Gasteiger partial charge in [-0.25, -0.2) is 9.37 Å². The van der Waals surface area contributed by atoms with Crippen molar-refractivity contribution in [1.82, 2.24) is 9.97 Å². The molecule has 0 N–H and O–H groups in total. The highest BCUT2D eigenvalue weighted by molar-refractivity contribution is 7.14. The van der Waals surface area contributed by atoms with Crippen LogP contribution < -0.4 is 4.90 Å². The second-order valence-electron chi connectivity index (χ2n) is 4.88. The Bertz CT molecular complexity index is 687. The predicted molar refractivity (Wildman–Crippen MR) is 77.8 cm³/mol. The molecule has 2 heterocycles. The minimum Gasteiger partial charge on any atom is -0.279 e. The van der Waals surface area contributed by atoms with Crippen LogP contribution in [0.15, 0.2) is 23.8 Å². The first kappa shape index (κ1) is 17.3. The largest absolute Gasteiger partial charge is 0.406 e. The van der Waals surface area contributed by atoms with Crippen molar-refractivity contribution in [3.63, 3.8) is 0 Å². The Morgan fingerprint density at radius 2 is 2.09 bits per heavy atom. The molecule has 0 aliphatic heterocycles. The van der Waals surface area contributed by atoms with E-state index >= 15 is 0 Å². The van der Waals surface area contributed by atoms with Crippen molar-refractivity contribution in [2.45, 2.75) is 25.9 Å². The van der Waals surface area contributed by atoms with Gasteiger partial charge < -0.3 is 0 Å². The van der Waals surface area contributed by atoms with E-state index in [1.165, 1.54) is 12.3 Å². The molecule has 0 spiro atoms. The van der Waals surface area contributed by atoms with E-state index in [-0.39, 0.29) is 18.0 Å². The third kappa shape index (κ3) is 5.27. The van der Waals surface area contributed by atoms with E-state index in [1.54, 1.807) is 12.3 Å². The molecule has 0 radical (unpaired) electrons. The van der Waals surface area contributed by atoms with E-state index in [1.807, 2.05) is 0 Å². The number of alkyl halides is 3. The number of aromatic nitrogens is 2. The summed E-state index contributed by atoms with van der Waals surface area (Å²) in [7, 11) is 0. The summed E-state index contributed by atoms with van der Waals surface area (Å²) in [6.45, 7) is 0.231. The molecule has 0 aliphatic rings. The topological polar surface area (TPSA) is 46.1 Å². The van der Waals surface area contributed by atoms with Crippen LogP contribution in [-0.2, 0) is 11.2 Å². The third-order valence-electron chi connectivity index (χ3n) is 2.87. The Kier molecular flexibility index (Phi) is 5.30. The van der Waals surface area contributed by atoms with E-state index < -0.39 is 24.4 Å². The van der Waals surface area contributed by atoms with Crippen LogP contribution in [0.3, 0.4) is 0 Å². The Hall–Kier alpha value is -2.03. The zero-order valence-electron chi connectivity index (χ0n) is 12.1. The molecule has 9 heteroatoms. The fourth-order valence-electron chi connectivity index (χ4n) is 1.89. The highest BCUT2D eigenvalue weighted by Gasteiger charge is 2.34. The Labute approximate surface area is 133 Å². The number of hydrogen-bond acceptors (Lipinski definition) is 4. The molecule has 0 aliphatic carbocycles. The molecule has 4 nitrogen and oxygen atoms in total. The van der Waals surface area contributed by atoms with Crippen molar-refractivity contribution < 1.29 is 22.4 Å². The molecule has 0 saturated carbocycles. The Morgan fingerprint density at radius 3 is 2.65 bits per heavy atom. The minimum atomic E-state index is -4.53. The van der Waals surface area contributed by atoms with Gasteiger partial charge in [0.15, 0.2) is 5.13 Å². The number of aryl methyl sites for hydroxylation is 2. The van der Waals surface area contributed by atoms with Crippen LogP contribution in [0.25, 0.3) is 0 Å². The van der Waals surface area contributed by atoms with Crippen molar-refractivity contribution in [3.8, 4) is 0 Å². The fraction of sp³-hybridized carbons (Fsp3) is 0.357. The van der Waals surface area contributed by atoms with Crippen molar-refractivity contribution >= 4 is 22.4 Å². The molecule has 0 fully saturated rings. The van der Waals surface area contributed by atoms with Crippen molar-refractivity contribution in [2.24, 2.45) is 0 Å². The lowest BCUT2D eigenvalue weighted by Gasteiger charge is -2.21. The van der Waals surface area contributed by atoms with Gasteiger partial charge in [-0.2, -0.15) is 13.2 Å². The summed E-state index contributed by atoms with van der Waals surface area (Å²) in [5, 5.41) is 1.57. The van der Waals surface area contributed by atoms with Gasteiger partial charge in [-0.05, 0) is 25.0 Å². The first-order valence-electron chi connectivity index (χ1n) is 6.63. The summed E-state index contributed by atoms with van der Waals surface area (Å²) in [5.74, 6) is -1.28. The first-order valence-corrected chi connectivity index (χ1v) is 7.51. The molecule has 2 rings (SSSR count). The lowest BCUT2D eigenvalue weighted by molar-refractivity contribution is -0.132. The molecule has 23 heavy (non-hydrogen) atoms. The number of thiazole rings is 1. The lowest BCUT2D eigenvalue weighted by Crippen LogP contribution is -2.39. The molecule has 2 aromatic rings. The highest BCUT2D eigenvalue weighted by Crippen LogP contribution is 2.26. The normalized spacial score (nSPS) is 11.5. The molecule has 124 valence electrons. The number of halogens is 4. The quantitative estimate of drug-likeness (QED) is 0.778. The minimum absolute atomic E-state index is 0.00203. The standard InChI is InChI=1S/C14H13F4N3OS/c1-9-7-23-13(20-9)21(8-14(16,17)18)12(22)3-2-10-4-11(15)6-19-5-10/h4-7H,2-3,8H2,1H3. The summed E-state index contributed by atoms with van der Waals surface area (Å²) < 4.78 is 51.1. The Balaban J connectivity index is 2.10. The fourth-order valence-corrected chi connectivity index (χ4v) is 2.71. The number of carbonyl (C=O) groups is 1. The van der Waals surface area contributed by atoms with Crippen LogP contribution in [0.1, 0.15) is 17.7 Å². The second-order valence-corrected chi connectivity index (χ2v) is 5.71. The van der Waals surface area contributed by atoms with Gasteiger partial charge in [-0.1, -0.05) is 0 Å². The number of carbonyl (C=O) groups excluding carboxylic acids is 1. The summed E-state index contributed by atoms with van der Waals surface area (Å²) in [6, 6.07) is 1.20. The predicted octanol–water partition coefficient (Wildman–Crippen LogP) is 3.51. The molecule has 0 atom stereocenters. The van der Waals surface area contributed by atoms with Crippen molar-refractivity contribution in [3.05, 3.63) is 40.9 Å². The van der Waals surface area contributed by atoms with E-state index in [9.17, 15) is 22.4 Å². The maximum absolute atomic E-state index is 13.0. The van der Waals surface area contributed by atoms with Gasteiger partial charge >= 0.3 is 6.18 Å². The van der Waals surface area contributed by atoms with Gasteiger partial charge in [0.2, 0.25) is 5.91 Å². The first-order chi connectivity index (χ1) is 10.7. The Morgan fingerprint density at radius 1 is 1.35 bits per heavy atom. The lowest BCUT2D eigenvalue weighted by atomic mass is 10.1. The molecule has 0 bridgehead atoms. The van der Waals surface area contributed by atoms with Crippen LogP contribution in [0.5, 0.6) is 0 Å². The second kappa shape index (κ2) is 7.03. The number of rotatable bonds is 5. The van der Waals surface area contributed by atoms with Gasteiger partial charge in [-0.3, -0.25) is 14.7 Å². The maximum Gasteiger partial charge on any atom is 0.406 e. The van der Waals surface area contributed by atoms with Crippen LogP contribution in [-0.4, -0.2) is 28.6 Å². The number of amides is 1. The maximum atomic E-state index is 13.0. The molecule has 0 unspecified atom stereocenters. The van der Waals surface area contributed by atoms with Crippen molar-refractivity contribution in [1.29, 1.82) is 0 Å². The van der Waals surface area contributed by atoms with Gasteiger partial charge in [0, 0.05) is 18.0 Å². The number of nitrogens with zero attached hydrogens (tertiary/aromatic N) is 3. The van der Waals surface area contributed by atoms with Gasteiger partial charge in [0.05, 0.1) is 11.9 Å². The van der Waals surface area contributed by atoms with E-state index in [0.717, 1.165) is 17.5 Å². The summed E-state index contributed by atoms with van der Waals surface area (Å²) in [4.78, 5) is 20.4. The number of anilines is 1. The monoisotopic (exact) mass is 347 g/mol. The SMILES string of the molecule is Cc1csc(N(CC(F)(F)F)C(=O)CCc2cncc(F)c2)n1.